The summed E-state index contributed by atoms with van der Waals surface area (Å²) >= 11 is 0. The van der Waals surface area contributed by atoms with Gasteiger partial charge in [0, 0.05) is 5.56 Å². The highest BCUT2D eigenvalue weighted by atomic mass is 16.5. The van der Waals surface area contributed by atoms with Crippen LogP contribution >= 0.6 is 0 Å². The average Bonchev–Trinajstić information content (AvgIpc) is 2.25. The maximum Gasteiger partial charge on any atom is 0.108 e. The number of rotatable bonds is 3. The summed E-state index contributed by atoms with van der Waals surface area (Å²) in [6.45, 7) is 0.844. The van der Waals surface area contributed by atoms with Gasteiger partial charge in [-0.05, 0) is 12.1 Å². The minimum absolute atomic E-state index is 0.385. The number of nitrogens with zero attached hydrogens (tertiary/aromatic N) is 1. The van der Waals surface area contributed by atoms with E-state index in [1.165, 1.54) is 0 Å². The molecule has 0 N–H and O–H groups in total. The predicted octanol–water partition coefficient (Wildman–Crippen LogP) is 1.97. The molecule has 0 aliphatic rings. The normalized spacial score (nSPS) is 8.50. The van der Waals surface area contributed by atoms with Gasteiger partial charge in [-0.2, -0.15) is 5.26 Å². The Kier molecular flexibility index (Phi) is 4.95. The van der Waals surface area contributed by atoms with Crippen molar-refractivity contribution < 1.29 is 4.74 Å². The fourth-order valence-corrected chi connectivity index (χ4v) is 0.901. The zero-order valence-corrected chi connectivity index (χ0v) is 7.86. The van der Waals surface area contributed by atoms with Crippen LogP contribution in [0.15, 0.2) is 30.3 Å². The van der Waals surface area contributed by atoms with Crippen LogP contribution in [0.25, 0.3) is 0 Å². The number of nitriles is 1. The van der Waals surface area contributed by atoms with Crippen molar-refractivity contribution in [1.82, 2.24) is 0 Å². The number of hydrogen-bond donors (Lipinski definition) is 0. The van der Waals surface area contributed by atoms with Crippen LogP contribution in [0.1, 0.15) is 12.0 Å². The summed E-state index contributed by atoms with van der Waals surface area (Å²) in [6.07, 6.45) is 0.424. The van der Waals surface area contributed by atoms with Crippen molar-refractivity contribution in [2.75, 3.05) is 13.2 Å². The van der Waals surface area contributed by atoms with Crippen molar-refractivity contribution in [3.63, 3.8) is 0 Å². The van der Waals surface area contributed by atoms with E-state index in [2.05, 4.69) is 11.8 Å². The van der Waals surface area contributed by atoms with E-state index in [1.54, 1.807) is 0 Å². The van der Waals surface area contributed by atoms with Gasteiger partial charge in [-0.1, -0.05) is 30.0 Å². The fourth-order valence-electron chi connectivity index (χ4n) is 0.901. The molecule has 0 radical (unpaired) electrons. The summed E-state index contributed by atoms with van der Waals surface area (Å²) < 4.78 is 5.10. The van der Waals surface area contributed by atoms with Crippen LogP contribution in [0.4, 0.5) is 0 Å². The molecule has 2 nitrogen and oxygen atoms in total. The Bertz CT molecular complexity index is 353. The Morgan fingerprint density at radius 1 is 1.21 bits per heavy atom. The lowest BCUT2D eigenvalue weighted by Crippen LogP contribution is -1.92. The van der Waals surface area contributed by atoms with Gasteiger partial charge in [0.1, 0.15) is 6.61 Å². The average molecular weight is 185 g/mol. The first kappa shape index (κ1) is 10.3. The molecule has 0 aliphatic carbocycles. The Morgan fingerprint density at radius 2 is 2.00 bits per heavy atom. The van der Waals surface area contributed by atoms with Crippen LogP contribution in [0.5, 0.6) is 0 Å². The van der Waals surface area contributed by atoms with E-state index in [1.807, 2.05) is 36.4 Å². The molecule has 1 aromatic carbocycles. The molecule has 0 heterocycles. The van der Waals surface area contributed by atoms with E-state index in [-0.39, 0.29) is 0 Å². The van der Waals surface area contributed by atoms with Crippen molar-refractivity contribution >= 4 is 0 Å². The van der Waals surface area contributed by atoms with Crippen LogP contribution in [0.2, 0.25) is 0 Å². The lowest BCUT2D eigenvalue weighted by molar-refractivity contribution is 0.173. The van der Waals surface area contributed by atoms with Gasteiger partial charge in [0.15, 0.2) is 0 Å². The summed E-state index contributed by atoms with van der Waals surface area (Å²) in [4.78, 5) is 0. The van der Waals surface area contributed by atoms with Crippen molar-refractivity contribution in [2.24, 2.45) is 0 Å². The van der Waals surface area contributed by atoms with E-state index in [0.717, 1.165) is 5.56 Å². The number of ether oxygens (including phenoxy) is 1. The Labute approximate surface area is 84.1 Å². The van der Waals surface area contributed by atoms with Crippen LogP contribution < -0.4 is 0 Å². The molecule has 0 bridgehead atoms. The molecule has 0 saturated carbocycles. The maximum atomic E-state index is 8.23. The van der Waals surface area contributed by atoms with Crippen LogP contribution in [0, 0.1) is 23.2 Å². The topological polar surface area (TPSA) is 33.0 Å². The highest BCUT2D eigenvalue weighted by Gasteiger charge is 1.83. The van der Waals surface area contributed by atoms with Crippen LogP contribution in [-0.4, -0.2) is 13.2 Å². The second kappa shape index (κ2) is 6.71. The van der Waals surface area contributed by atoms with E-state index in [9.17, 15) is 0 Å². The molecule has 1 aromatic rings. The van der Waals surface area contributed by atoms with Crippen molar-refractivity contribution in [1.29, 1.82) is 5.26 Å². The summed E-state index contributed by atoms with van der Waals surface area (Å²) in [6, 6.07) is 11.7. The molecule has 0 amide bonds. The van der Waals surface area contributed by atoms with Crippen LogP contribution in [0.3, 0.4) is 0 Å². The van der Waals surface area contributed by atoms with Gasteiger partial charge in [0.25, 0.3) is 0 Å². The Morgan fingerprint density at radius 3 is 2.71 bits per heavy atom. The quantitative estimate of drug-likeness (QED) is 0.532. The van der Waals surface area contributed by atoms with Gasteiger partial charge >= 0.3 is 0 Å². The monoisotopic (exact) mass is 185 g/mol. The van der Waals surface area contributed by atoms with E-state index in [0.29, 0.717) is 19.6 Å². The Hall–Kier alpha value is -1.77. The van der Waals surface area contributed by atoms with Gasteiger partial charge in [-0.3, -0.25) is 0 Å². The zero-order chi connectivity index (χ0) is 10.1. The third kappa shape index (κ3) is 4.30. The highest BCUT2D eigenvalue weighted by molar-refractivity contribution is 5.33. The summed E-state index contributed by atoms with van der Waals surface area (Å²) in [7, 11) is 0. The SMILES string of the molecule is N#CCCOCC#Cc1ccccc1. The molecular weight excluding hydrogens is 174 g/mol. The second-order valence-corrected chi connectivity index (χ2v) is 2.63. The highest BCUT2D eigenvalue weighted by Crippen LogP contribution is 1.94. The first-order valence-corrected chi connectivity index (χ1v) is 4.42. The number of hydrogen-bond acceptors (Lipinski definition) is 2. The third-order valence-electron chi connectivity index (χ3n) is 1.54. The molecule has 0 unspecified atom stereocenters. The molecule has 0 spiro atoms. The summed E-state index contributed by atoms with van der Waals surface area (Å²) in [5, 5.41) is 8.23. The van der Waals surface area contributed by atoms with Crippen molar-refractivity contribution in [2.45, 2.75) is 6.42 Å². The minimum atomic E-state index is 0.385. The summed E-state index contributed by atoms with van der Waals surface area (Å²) in [5.74, 6) is 5.84. The largest absolute Gasteiger partial charge is 0.368 e. The molecule has 14 heavy (non-hydrogen) atoms. The first-order valence-electron chi connectivity index (χ1n) is 4.42. The van der Waals surface area contributed by atoms with Gasteiger partial charge in [-0.15, -0.1) is 0 Å². The molecule has 0 fully saturated rings. The van der Waals surface area contributed by atoms with E-state index >= 15 is 0 Å². The van der Waals surface area contributed by atoms with Gasteiger partial charge in [-0.25, -0.2) is 0 Å². The number of benzene rings is 1. The van der Waals surface area contributed by atoms with Crippen molar-refractivity contribution in [3.05, 3.63) is 35.9 Å². The molecule has 0 aromatic heterocycles. The lowest BCUT2D eigenvalue weighted by atomic mass is 10.2. The molecule has 2 heteroatoms. The van der Waals surface area contributed by atoms with Crippen molar-refractivity contribution in [3.8, 4) is 17.9 Å². The molecule has 0 saturated heterocycles. The maximum absolute atomic E-state index is 8.23. The Balaban J connectivity index is 2.25. The molecule has 0 aliphatic heterocycles. The van der Waals surface area contributed by atoms with Gasteiger partial charge < -0.3 is 4.74 Å². The standard InChI is InChI=1S/C12H11NO/c13-9-5-11-14-10-4-8-12-6-2-1-3-7-12/h1-3,6-7H,5,10-11H2. The third-order valence-corrected chi connectivity index (χ3v) is 1.54. The van der Waals surface area contributed by atoms with E-state index in [4.69, 9.17) is 10.00 Å². The predicted molar refractivity (Wildman–Crippen MR) is 54.4 cm³/mol. The van der Waals surface area contributed by atoms with E-state index < -0.39 is 0 Å². The molecule has 70 valence electrons. The molecular formula is C12H11NO. The fraction of sp³-hybridized carbons (Fsp3) is 0.250. The van der Waals surface area contributed by atoms with Gasteiger partial charge in [0.05, 0.1) is 19.1 Å². The summed E-state index contributed by atoms with van der Waals surface area (Å²) in [5.41, 5.74) is 0.983. The van der Waals surface area contributed by atoms with Gasteiger partial charge in [0.2, 0.25) is 0 Å². The lowest BCUT2D eigenvalue weighted by Gasteiger charge is -1.92. The minimum Gasteiger partial charge on any atom is -0.368 e. The first-order chi connectivity index (χ1) is 6.93. The second-order valence-electron chi connectivity index (χ2n) is 2.63. The van der Waals surface area contributed by atoms with Crippen LogP contribution in [-0.2, 0) is 4.74 Å². The zero-order valence-electron chi connectivity index (χ0n) is 7.86. The molecule has 0 atom stereocenters. The smallest absolute Gasteiger partial charge is 0.108 e. The molecule has 1 rings (SSSR count).